The van der Waals surface area contributed by atoms with Gasteiger partial charge in [-0.1, -0.05) is 13.3 Å². The van der Waals surface area contributed by atoms with E-state index < -0.39 is 12.8 Å². The van der Waals surface area contributed by atoms with E-state index in [1.807, 2.05) is 14.1 Å². The number of carbonyl (C=O) groups is 1. The highest BCUT2D eigenvalue weighted by Gasteiger charge is 2.35. The molecule has 2 rings (SSSR count). The van der Waals surface area contributed by atoms with Crippen LogP contribution in [-0.2, 0) is 0 Å². The number of hydrogen-bond acceptors (Lipinski definition) is 4. The van der Waals surface area contributed by atoms with Crippen LogP contribution in [0.2, 0.25) is 0 Å². The van der Waals surface area contributed by atoms with E-state index in [0.717, 1.165) is 6.42 Å². The third kappa shape index (κ3) is 4.59. The second kappa shape index (κ2) is 7.38. The number of amides is 1. The summed E-state index contributed by atoms with van der Waals surface area (Å²) in [5.74, 6) is 0.0990. The van der Waals surface area contributed by atoms with E-state index in [1.54, 1.807) is 4.90 Å². The Balaban J connectivity index is 2.00. The number of aromatic nitrogens is 1. The van der Waals surface area contributed by atoms with Crippen LogP contribution >= 0.6 is 0 Å². The first-order chi connectivity index (χ1) is 11.2. The number of ether oxygens (including phenoxy) is 1. The van der Waals surface area contributed by atoms with E-state index in [1.165, 1.54) is 18.3 Å². The lowest BCUT2D eigenvalue weighted by Crippen LogP contribution is -2.36. The van der Waals surface area contributed by atoms with Crippen molar-refractivity contribution in [1.82, 2.24) is 14.8 Å². The molecule has 2 heterocycles. The Bertz CT molecular complexity index is 561. The number of likely N-dealkylation sites (tertiary alicyclic amines) is 1. The quantitative estimate of drug-likeness (QED) is 0.822. The van der Waals surface area contributed by atoms with Crippen LogP contribution in [0.15, 0.2) is 18.3 Å². The smallest absolute Gasteiger partial charge is 0.422 e. The van der Waals surface area contributed by atoms with E-state index in [4.69, 9.17) is 0 Å². The zero-order chi connectivity index (χ0) is 17.9. The van der Waals surface area contributed by atoms with Gasteiger partial charge in [0.1, 0.15) is 0 Å². The summed E-state index contributed by atoms with van der Waals surface area (Å²) < 4.78 is 40.9. The van der Waals surface area contributed by atoms with Gasteiger partial charge in [-0.05, 0) is 26.1 Å². The largest absolute Gasteiger partial charge is 0.468 e. The highest BCUT2D eigenvalue weighted by Crippen LogP contribution is 2.25. The zero-order valence-electron chi connectivity index (χ0n) is 14.0. The van der Waals surface area contributed by atoms with Crippen LogP contribution in [0, 0.1) is 5.92 Å². The first-order valence-corrected chi connectivity index (χ1v) is 7.82. The molecule has 0 aliphatic carbocycles. The molecule has 134 valence electrons. The van der Waals surface area contributed by atoms with Crippen molar-refractivity contribution < 1.29 is 22.7 Å². The lowest BCUT2D eigenvalue weighted by Gasteiger charge is -2.23. The molecule has 1 saturated heterocycles. The summed E-state index contributed by atoms with van der Waals surface area (Å²) in [5.41, 5.74) is 0.351. The van der Waals surface area contributed by atoms with Gasteiger partial charge in [-0.2, -0.15) is 13.2 Å². The van der Waals surface area contributed by atoms with Crippen molar-refractivity contribution in [2.24, 2.45) is 5.92 Å². The van der Waals surface area contributed by atoms with Crippen molar-refractivity contribution >= 4 is 5.91 Å². The van der Waals surface area contributed by atoms with Crippen LogP contribution in [0.3, 0.4) is 0 Å². The maximum Gasteiger partial charge on any atom is 0.422 e. The molecule has 24 heavy (non-hydrogen) atoms. The third-order valence-electron chi connectivity index (χ3n) is 4.25. The second-order valence-corrected chi connectivity index (χ2v) is 6.20. The number of pyridine rings is 1. The van der Waals surface area contributed by atoms with E-state index in [0.29, 0.717) is 30.6 Å². The molecule has 0 radical (unpaired) electrons. The van der Waals surface area contributed by atoms with Gasteiger partial charge in [0.2, 0.25) is 5.88 Å². The van der Waals surface area contributed by atoms with E-state index in [-0.39, 0.29) is 11.8 Å². The molecule has 1 aromatic heterocycles. The average Bonchev–Trinajstić information content (AvgIpc) is 2.96. The minimum absolute atomic E-state index is 0.150. The monoisotopic (exact) mass is 345 g/mol. The Morgan fingerprint density at radius 1 is 1.38 bits per heavy atom. The first-order valence-electron chi connectivity index (χ1n) is 7.82. The van der Waals surface area contributed by atoms with Gasteiger partial charge in [-0.15, -0.1) is 0 Å². The van der Waals surface area contributed by atoms with Crippen LogP contribution in [0.25, 0.3) is 0 Å². The third-order valence-corrected chi connectivity index (χ3v) is 4.25. The fraction of sp³-hybridized carbons (Fsp3) is 0.625. The highest BCUT2D eigenvalue weighted by atomic mass is 19.4. The minimum Gasteiger partial charge on any atom is -0.468 e. The van der Waals surface area contributed by atoms with Crippen molar-refractivity contribution in [3.8, 4) is 5.88 Å². The summed E-state index contributed by atoms with van der Waals surface area (Å²) in [7, 11) is 3.99. The van der Waals surface area contributed by atoms with Crippen molar-refractivity contribution in [3.63, 3.8) is 0 Å². The molecular weight excluding hydrogens is 323 g/mol. The molecule has 1 aromatic rings. The fourth-order valence-corrected chi connectivity index (χ4v) is 2.94. The van der Waals surface area contributed by atoms with Gasteiger partial charge in [-0.25, -0.2) is 4.98 Å². The normalized spacial score (nSPS) is 21.4. The maximum absolute atomic E-state index is 12.6. The molecule has 1 amide bonds. The van der Waals surface area contributed by atoms with E-state index in [2.05, 4.69) is 21.5 Å². The number of rotatable bonds is 5. The van der Waals surface area contributed by atoms with Gasteiger partial charge in [0.25, 0.3) is 5.91 Å². The fourth-order valence-electron chi connectivity index (χ4n) is 2.94. The Morgan fingerprint density at radius 2 is 2.08 bits per heavy atom. The van der Waals surface area contributed by atoms with Crippen molar-refractivity contribution in [2.45, 2.75) is 25.6 Å². The summed E-state index contributed by atoms with van der Waals surface area (Å²) in [5, 5.41) is 0. The zero-order valence-corrected chi connectivity index (χ0v) is 14.0. The van der Waals surface area contributed by atoms with Gasteiger partial charge in [0.05, 0.1) is 5.56 Å². The molecular formula is C16H22F3N3O2. The molecule has 1 aliphatic rings. The molecule has 0 aromatic carbocycles. The Morgan fingerprint density at radius 3 is 2.54 bits per heavy atom. The van der Waals surface area contributed by atoms with Crippen molar-refractivity contribution in [3.05, 3.63) is 23.9 Å². The number of carbonyl (C=O) groups excluding carboxylic acids is 1. The molecule has 0 N–H and O–H groups in total. The van der Waals surface area contributed by atoms with Gasteiger partial charge in [0.15, 0.2) is 6.61 Å². The Hall–Kier alpha value is -1.83. The molecule has 1 aliphatic heterocycles. The van der Waals surface area contributed by atoms with Crippen LogP contribution in [0.1, 0.15) is 23.7 Å². The molecule has 5 nitrogen and oxygen atoms in total. The standard InChI is InChI=1S/C16H22F3N3O2/c1-4-11-8-22(9-13(11)21(2)3)15(23)12-5-6-14(20-7-12)24-10-16(17,18)19/h5-7,11,13H,4,8-10H2,1-3H3/t11-,13-/m0/s1. The number of alkyl halides is 3. The summed E-state index contributed by atoms with van der Waals surface area (Å²) in [6.45, 7) is 2.01. The predicted octanol–water partition coefficient (Wildman–Crippen LogP) is 2.43. The highest BCUT2D eigenvalue weighted by molar-refractivity contribution is 5.94. The average molecular weight is 345 g/mol. The molecule has 2 atom stereocenters. The van der Waals surface area contributed by atoms with Crippen molar-refractivity contribution in [2.75, 3.05) is 33.8 Å². The molecule has 0 unspecified atom stereocenters. The van der Waals surface area contributed by atoms with Crippen molar-refractivity contribution in [1.29, 1.82) is 0 Å². The lowest BCUT2D eigenvalue weighted by atomic mass is 10.0. The van der Waals surface area contributed by atoms with Gasteiger partial charge < -0.3 is 14.5 Å². The van der Waals surface area contributed by atoms with Crippen LogP contribution in [-0.4, -0.2) is 66.7 Å². The van der Waals surface area contributed by atoms with Gasteiger partial charge >= 0.3 is 6.18 Å². The summed E-state index contributed by atoms with van der Waals surface area (Å²) in [6, 6.07) is 3.04. The second-order valence-electron chi connectivity index (χ2n) is 6.20. The van der Waals surface area contributed by atoms with E-state index in [9.17, 15) is 18.0 Å². The van der Waals surface area contributed by atoms with Gasteiger partial charge in [-0.3, -0.25) is 4.79 Å². The molecule has 0 bridgehead atoms. The number of nitrogens with zero attached hydrogens (tertiary/aromatic N) is 3. The maximum atomic E-state index is 12.6. The van der Waals surface area contributed by atoms with Crippen LogP contribution < -0.4 is 4.74 Å². The number of likely N-dealkylation sites (N-methyl/N-ethyl adjacent to an activating group) is 1. The van der Waals surface area contributed by atoms with Gasteiger partial charge in [0, 0.05) is 31.4 Å². The molecule has 0 saturated carbocycles. The number of hydrogen-bond donors (Lipinski definition) is 0. The first kappa shape index (κ1) is 18.5. The number of halogens is 3. The topological polar surface area (TPSA) is 45.7 Å². The Labute approximate surface area is 139 Å². The molecule has 1 fully saturated rings. The predicted molar refractivity (Wildman–Crippen MR) is 82.9 cm³/mol. The minimum atomic E-state index is -4.41. The molecule has 0 spiro atoms. The SMILES string of the molecule is CC[C@H]1CN(C(=O)c2ccc(OCC(F)(F)F)nc2)C[C@@H]1N(C)C. The van der Waals surface area contributed by atoms with Crippen LogP contribution in [0.4, 0.5) is 13.2 Å². The lowest BCUT2D eigenvalue weighted by molar-refractivity contribution is -0.154. The summed E-state index contributed by atoms with van der Waals surface area (Å²) in [6.07, 6.45) is -2.17. The Kier molecular flexibility index (Phi) is 5.69. The van der Waals surface area contributed by atoms with E-state index >= 15 is 0 Å². The molecule has 8 heteroatoms. The summed E-state index contributed by atoms with van der Waals surface area (Å²) in [4.78, 5) is 20.2. The summed E-state index contributed by atoms with van der Waals surface area (Å²) >= 11 is 0. The van der Waals surface area contributed by atoms with Crippen LogP contribution in [0.5, 0.6) is 5.88 Å².